The molecule has 1 heterocycles. The van der Waals surface area contributed by atoms with Crippen molar-refractivity contribution in [2.24, 2.45) is 7.05 Å². The van der Waals surface area contributed by atoms with Crippen LogP contribution >= 0.6 is 0 Å². The maximum atomic E-state index is 13.5. The maximum Gasteiger partial charge on any atom is 0.419 e. The van der Waals surface area contributed by atoms with Crippen LogP contribution < -0.4 is 0 Å². The molecule has 1 aromatic heterocycles. The molecule has 0 aliphatic carbocycles. The van der Waals surface area contributed by atoms with Gasteiger partial charge in [0.2, 0.25) is 0 Å². The van der Waals surface area contributed by atoms with Crippen LogP contribution in [0, 0.1) is 5.82 Å². The topological polar surface area (TPSA) is 75.3 Å². The number of benzene rings is 1. The molecule has 0 aliphatic heterocycles. The van der Waals surface area contributed by atoms with Gasteiger partial charge in [0.1, 0.15) is 11.5 Å². The quantitative estimate of drug-likeness (QED) is 0.836. The summed E-state index contributed by atoms with van der Waals surface area (Å²) in [5.74, 6) is -3.76. The van der Waals surface area contributed by atoms with Crippen LogP contribution in [0.2, 0.25) is 0 Å². The van der Waals surface area contributed by atoms with Gasteiger partial charge in [-0.15, -0.1) is 0 Å². The monoisotopic (exact) mass is 304 g/mol. The highest BCUT2D eigenvalue weighted by molar-refractivity contribution is 5.91. The zero-order valence-electron chi connectivity index (χ0n) is 10.4. The van der Waals surface area contributed by atoms with E-state index in [-0.39, 0.29) is 11.3 Å². The molecule has 0 saturated carbocycles. The number of alkyl halides is 3. The Kier molecular flexibility index (Phi) is 3.36. The van der Waals surface area contributed by atoms with Crippen LogP contribution in [0.15, 0.2) is 18.2 Å². The minimum absolute atomic E-state index is 0.166. The van der Waals surface area contributed by atoms with Gasteiger partial charge in [0.25, 0.3) is 0 Å². The summed E-state index contributed by atoms with van der Waals surface area (Å²) in [7, 11) is 1.23. The highest BCUT2D eigenvalue weighted by Crippen LogP contribution is 2.36. The number of carboxylic acids is 1. The van der Waals surface area contributed by atoms with E-state index in [2.05, 4.69) is 5.10 Å². The van der Waals surface area contributed by atoms with Gasteiger partial charge in [-0.2, -0.15) is 18.3 Å². The smallest absolute Gasteiger partial charge is 0.419 e. The fourth-order valence-corrected chi connectivity index (χ4v) is 1.84. The molecule has 21 heavy (non-hydrogen) atoms. The van der Waals surface area contributed by atoms with Gasteiger partial charge in [-0.25, -0.2) is 9.18 Å². The second-order valence-corrected chi connectivity index (χ2v) is 4.17. The third-order valence-electron chi connectivity index (χ3n) is 2.77. The van der Waals surface area contributed by atoms with Crippen molar-refractivity contribution in [2.45, 2.75) is 6.18 Å². The number of hydrogen-bond acceptors (Lipinski definition) is 3. The normalized spacial score (nSPS) is 11.7. The second kappa shape index (κ2) is 4.76. The number of aromatic carboxylic acids is 1. The Balaban J connectivity index is 2.57. The van der Waals surface area contributed by atoms with Crippen LogP contribution in [0.4, 0.5) is 17.6 Å². The molecule has 2 N–H and O–H groups in total. The molecule has 0 unspecified atom stereocenters. The lowest BCUT2D eigenvalue weighted by atomic mass is 10.1. The summed E-state index contributed by atoms with van der Waals surface area (Å²) in [5, 5.41) is 22.3. The van der Waals surface area contributed by atoms with Crippen LogP contribution in [0.1, 0.15) is 16.1 Å². The van der Waals surface area contributed by atoms with E-state index in [0.717, 1.165) is 10.7 Å². The molecule has 0 saturated heterocycles. The molecule has 0 atom stereocenters. The third kappa shape index (κ3) is 2.54. The fourth-order valence-electron chi connectivity index (χ4n) is 1.84. The molecule has 0 radical (unpaired) electrons. The summed E-state index contributed by atoms with van der Waals surface area (Å²) in [6.07, 6.45) is -4.85. The highest BCUT2D eigenvalue weighted by atomic mass is 19.4. The second-order valence-electron chi connectivity index (χ2n) is 4.17. The molecule has 9 heteroatoms. The van der Waals surface area contributed by atoms with Crippen molar-refractivity contribution < 1.29 is 32.6 Å². The number of aromatic hydroxyl groups is 1. The minimum atomic E-state index is -4.85. The Bertz CT molecular complexity index is 722. The zero-order valence-corrected chi connectivity index (χ0v) is 10.4. The molecule has 0 amide bonds. The van der Waals surface area contributed by atoms with Crippen molar-refractivity contribution in [3.05, 3.63) is 35.3 Å². The number of aryl methyl sites for hydroxylation is 1. The van der Waals surface area contributed by atoms with Crippen molar-refractivity contribution in [3.63, 3.8) is 0 Å². The first-order valence-corrected chi connectivity index (χ1v) is 5.49. The molecule has 0 aliphatic rings. The maximum absolute atomic E-state index is 13.5. The van der Waals surface area contributed by atoms with Gasteiger partial charge in [-0.05, 0) is 12.1 Å². The van der Waals surface area contributed by atoms with Crippen molar-refractivity contribution in [1.82, 2.24) is 9.78 Å². The summed E-state index contributed by atoms with van der Waals surface area (Å²) in [6.45, 7) is 0. The SMILES string of the molecule is Cn1nc(-c2ccc(C(F)(F)F)c(F)c2)c(O)c1C(=O)O. The van der Waals surface area contributed by atoms with Gasteiger partial charge >= 0.3 is 12.1 Å². The lowest BCUT2D eigenvalue weighted by molar-refractivity contribution is -0.139. The summed E-state index contributed by atoms with van der Waals surface area (Å²) in [6, 6.07) is 1.94. The van der Waals surface area contributed by atoms with Crippen LogP contribution in [-0.2, 0) is 13.2 Å². The van der Waals surface area contributed by atoms with Gasteiger partial charge < -0.3 is 10.2 Å². The van der Waals surface area contributed by atoms with E-state index >= 15 is 0 Å². The van der Waals surface area contributed by atoms with E-state index < -0.39 is 35.0 Å². The first kappa shape index (κ1) is 14.8. The van der Waals surface area contributed by atoms with Crippen LogP contribution in [0.5, 0.6) is 5.75 Å². The number of carboxylic acid groups (broad SMARTS) is 1. The van der Waals surface area contributed by atoms with Gasteiger partial charge in [0.15, 0.2) is 11.4 Å². The van der Waals surface area contributed by atoms with Crippen LogP contribution in [0.25, 0.3) is 11.3 Å². The molecule has 112 valence electrons. The van der Waals surface area contributed by atoms with Gasteiger partial charge in [-0.3, -0.25) is 4.68 Å². The molecular formula is C12H8F4N2O3. The molecule has 5 nitrogen and oxygen atoms in total. The lowest BCUT2D eigenvalue weighted by Crippen LogP contribution is -2.07. The highest BCUT2D eigenvalue weighted by Gasteiger charge is 2.34. The Labute approximate surface area is 115 Å². The molecule has 2 aromatic rings. The van der Waals surface area contributed by atoms with Crippen molar-refractivity contribution in [1.29, 1.82) is 0 Å². The molecular weight excluding hydrogens is 296 g/mol. The zero-order chi connectivity index (χ0) is 15.9. The first-order chi connectivity index (χ1) is 9.62. The number of halogens is 4. The number of nitrogens with zero attached hydrogens (tertiary/aromatic N) is 2. The van der Waals surface area contributed by atoms with E-state index in [1.165, 1.54) is 7.05 Å². The summed E-state index contributed by atoms with van der Waals surface area (Å²) in [4.78, 5) is 10.9. The van der Waals surface area contributed by atoms with E-state index in [1.54, 1.807) is 0 Å². The van der Waals surface area contributed by atoms with Crippen molar-refractivity contribution in [2.75, 3.05) is 0 Å². The Morgan fingerprint density at radius 2 is 1.95 bits per heavy atom. The Hall–Kier alpha value is -2.58. The molecule has 0 fully saturated rings. The summed E-state index contributed by atoms with van der Waals surface area (Å²) in [5.41, 5.74) is -2.49. The molecule has 1 aromatic carbocycles. The number of rotatable bonds is 2. The summed E-state index contributed by atoms with van der Waals surface area (Å²) >= 11 is 0. The van der Waals surface area contributed by atoms with Gasteiger partial charge in [-0.1, -0.05) is 6.07 Å². The van der Waals surface area contributed by atoms with E-state index in [4.69, 9.17) is 5.11 Å². The predicted octanol–water partition coefficient (Wildman–Crippen LogP) is 2.65. The largest absolute Gasteiger partial charge is 0.504 e. The Morgan fingerprint density at radius 1 is 1.33 bits per heavy atom. The fraction of sp³-hybridized carbons (Fsp3) is 0.167. The van der Waals surface area contributed by atoms with Crippen molar-refractivity contribution >= 4 is 5.97 Å². The Morgan fingerprint density at radius 3 is 2.38 bits per heavy atom. The van der Waals surface area contributed by atoms with E-state index in [1.807, 2.05) is 0 Å². The standard InChI is InChI=1S/C12H8F4N2O3/c1-18-9(11(20)21)10(19)8(17-18)5-2-3-6(7(13)4-5)12(14,15)16/h2-4,19H,1H3,(H,20,21). The van der Waals surface area contributed by atoms with Crippen LogP contribution in [0.3, 0.4) is 0 Å². The van der Waals surface area contributed by atoms with Crippen LogP contribution in [-0.4, -0.2) is 26.0 Å². The predicted molar refractivity (Wildman–Crippen MR) is 62.2 cm³/mol. The molecule has 0 bridgehead atoms. The average molecular weight is 304 g/mol. The third-order valence-corrected chi connectivity index (χ3v) is 2.77. The lowest BCUT2D eigenvalue weighted by Gasteiger charge is -2.08. The van der Waals surface area contributed by atoms with Crippen molar-refractivity contribution in [3.8, 4) is 17.0 Å². The van der Waals surface area contributed by atoms with E-state index in [9.17, 15) is 27.5 Å². The van der Waals surface area contributed by atoms with E-state index in [0.29, 0.717) is 12.1 Å². The molecule has 0 spiro atoms. The number of aromatic nitrogens is 2. The van der Waals surface area contributed by atoms with Gasteiger partial charge in [0.05, 0.1) is 5.56 Å². The summed E-state index contributed by atoms with van der Waals surface area (Å²) < 4.78 is 51.7. The average Bonchev–Trinajstić information content (AvgIpc) is 2.62. The van der Waals surface area contributed by atoms with Gasteiger partial charge in [0, 0.05) is 12.6 Å². The number of hydrogen-bond donors (Lipinski definition) is 2. The minimum Gasteiger partial charge on any atom is -0.504 e. The molecule has 2 rings (SSSR count). The first-order valence-electron chi connectivity index (χ1n) is 5.49. The number of carbonyl (C=O) groups is 1.